The third-order valence-electron chi connectivity index (χ3n) is 6.15. The molecule has 10 heteroatoms. The molecule has 1 aromatic heterocycles. The fourth-order valence-corrected chi connectivity index (χ4v) is 6.27. The molecule has 1 amide bonds. The number of allylic oxidation sites excluding steroid dienone is 1. The summed E-state index contributed by atoms with van der Waals surface area (Å²) in [6.07, 6.45) is 1.58. The molecule has 1 atom stereocenters. The first-order valence-corrected chi connectivity index (χ1v) is 14.0. The predicted molar refractivity (Wildman–Crippen MR) is 157 cm³/mol. The monoisotopic (exact) mass is 623 g/mol. The van der Waals surface area contributed by atoms with Gasteiger partial charge in [0.25, 0.3) is 11.5 Å². The standard InChI is InChI=1S/C29H23BrClN3O4S/c1-3-38-21-11-9-17(10-12-21)25-24(27(36)33-20-7-5-4-6-8-20)16(2)32-29-34(25)28(37)23(39-29)14-18-13-19(30)15-22(31)26(18)35/h4-15,25,35H,3H2,1-2H3,(H,33,36)/b23-14-/t25-/m1/s1. The maximum atomic E-state index is 13.9. The third-order valence-corrected chi connectivity index (χ3v) is 7.88. The minimum absolute atomic E-state index is 0.132. The fourth-order valence-electron chi connectivity index (χ4n) is 4.40. The summed E-state index contributed by atoms with van der Waals surface area (Å²) in [7, 11) is 0. The number of amides is 1. The van der Waals surface area contributed by atoms with Crippen molar-refractivity contribution in [1.29, 1.82) is 0 Å². The molecular weight excluding hydrogens is 602 g/mol. The van der Waals surface area contributed by atoms with Gasteiger partial charge < -0.3 is 15.2 Å². The molecule has 0 spiro atoms. The van der Waals surface area contributed by atoms with E-state index < -0.39 is 6.04 Å². The number of hydrogen-bond donors (Lipinski definition) is 2. The van der Waals surface area contributed by atoms with E-state index in [4.69, 9.17) is 16.3 Å². The van der Waals surface area contributed by atoms with Gasteiger partial charge >= 0.3 is 0 Å². The zero-order chi connectivity index (χ0) is 27.7. The Bertz CT molecular complexity index is 1780. The SMILES string of the molecule is CCOc1ccc([C@@H]2C(C(=O)Nc3ccccc3)=C(C)N=c3s/c(=C\c4cc(Br)cc(Cl)c4O)c(=O)n32)cc1. The minimum atomic E-state index is -0.734. The van der Waals surface area contributed by atoms with E-state index in [-0.39, 0.29) is 22.2 Å². The van der Waals surface area contributed by atoms with Crippen LogP contribution in [-0.4, -0.2) is 22.2 Å². The highest BCUT2D eigenvalue weighted by Crippen LogP contribution is 2.33. The summed E-state index contributed by atoms with van der Waals surface area (Å²) in [5.74, 6) is 0.201. The summed E-state index contributed by atoms with van der Waals surface area (Å²) >= 11 is 10.7. The lowest BCUT2D eigenvalue weighted by Crippen LogP contribution is -2.40. The van der Waals surface area contributed by atoms with Crippen LogP contribution in [0, 0.1) is 0 Å². The number of phenolic OH excluding ortho intramolecular Hbond substituents is 1. The largest absolute Gasteiger partial charge is 0.506 e. The van der Waals surface area contributed by atoms with Gasteiger partial charge in [-0.15, -0.1) is 0 Å². The lowest BCUT2D eigenvalue weighted by Gasteiger charge is -2.25. The number of thiazole rings is 1. The quantitative estimate of drug-likeness (QED) is 0.301. The molecule has 0 aliphatic carbocycles. The van der Waals surface area contributed by atoms with Gasteiger partial charge in [0.15, 0.2) is 4.80 Å². The van der Waals surface area contributed by atoms with Gasteiger partial charge in [-0.05, 0) is 61.9 Å². The Morgan fingerprint density at radius 2 is 1.92 bits per heavy atom. The molecule has 0 fully saturated rings. The normalized spacial score (nSPS) is 15.1. The van der Waals surface area contributed by atoms with E-state index in [1.807, 2.05) is 49.4 Å². The van der Waals surface area contributed by atoms with Crippen LogP contribution in [0.2, 0.25) is 5.02 Å². The van der Waals surface area contributed by atoms with E-state index >= 15 is 0 Å². The van der Waals surface area contributed by atoms with Crippen molar-refractivity contribution in [2.75, 3.05) is 11.9 Å². The van der Waals surface area contributed by atoms with Gasteiger partial charge in [0.2, 0.25) is 0 Å². The summed E-state index contributed by atoms with van der Waals surface area (Å²) in [5, 5.41) is 13.6. The first-order chi connectivity index (χ1) is 18.8. The van der Waals surface area contributed by atoms with Crippen LogP contribution in [0.1, 0.15) is 31.0 Å². The van der Waals surface area contributed by atoms with Crippen molar-refractivity contribution < 1.29 is 14.6 Å². The van der Waals surface area contributed by atoms with E-state index in [0.29, 0.717) is 48.7 Å². The Morgan fingerprint density at radius 3 is 2.62 bits per heavy atom. The Labute approximate surface area is 241 Å². The highest BCUT2D eigenvalue weighted by atomic mass is 79.9. The van der Waals surface area contributed by atoms with Crippen LogP contribution in [0.5, 0.6) is 11.5 Å². The summed E-state index contributed by atoms with van der Waals surface area (Å²) in [6.45, 7) is 4.18. The molecule has 0 radical (unpaired) electrons. The van der Waals surface area contributed by atoms with Crippen molar-refractivity contribution in [2.24, 2.45) is 4.99 Å². The number of benzene rings is 3. The zero-order valence-electron chi connectivity index (χ0n) is 20.9. The van der Waals surface area contributed by atoms with Crippen LogP contribution in [-0.2, 0) is 4.79 Å². The maximum Gasteiger partial charge on any atom is 0.271 e. The molecule has 0 saturated carbocycles. The van der Waals surface area contributed by atoms with Crippen molar-refractivity contribution in [3.8, 4) is 11.5 Å². The number of nitrogens with one attached hydrogen (secondary N) is 1. The average Bonchev–Trinajstić information content (AvgIpc) is 3.21. The second-order valence-electron chi connectivity index (χ2n) is 8.73. The molecule has 1 aliphatic heterocycles. The maximum absolute atomic E-state index is 13.9. The Hall–Kier alpha value is -3.66. The molecular formula is C29H23BrClN3O4S. The highest BCUT2D eigenvalue weighted by Gasteiger charge is 2.32. The lowest BCUT2D eigenvalue weighted by molar-refractivity contribution is -0.113. The Balaban J connectivity index is 1.68. The Kier molecular flexibility index (Phi) is 7.74. The number of rotatable bonds is 6. The first-order valence-electron chi connectivity index (χ1n) is 12.1. The fraction of sp³-hybridized carbons (Fsp3) is 0.138. The third kappa shape index (κ3) is 5.43. The van der Waals surface area contributed by atoms with Crippen LogP contribution in [0.25, 0.3) is 6.08 Å². The summed E-state index contributed by atoms with van der Waals surface area (Å²) in [6, 6.07) is 19.0. The van der Waals surface area contributed by atoms with E-state index in [1.165, 1.54) is 15.9 Å². The highest BCUT2D eigenvalue weighted by molar-refractivity contribution is 9.10. The second kappa shape index (κ2) is 11.2. The molecule has 5 rings (SSSR count). The van der Waals surface area contributed by atoms with Crippen molar-refractivity contribution >= 4 is 56.5 Å². The number of carbonyl (C=O) groups excluding carboxylic acids is 1. The minimum Gasteiger partial charge on any atom is -0.506 e. The average molecular weight is 625 g/mol. The van der Waals surface area contributed by atoms with Crippen LogP contribution >= 0.6 is 38.9 Å². The molecule has 198 valence electrons. The Morgan fingerprint density at radius 1 is 1.21 bits per heavy atom. The van der Waals surface area contributed by atoms with Gasteiger partial charge in [-0.25, -0.2) is 4.99 Å². The molecule has 1 aliphatic rings. The number of aromatic nitrogens is 1. The van der Waals surface area contributed by atoms with Crippen LogP contribution in [0.4, 0.5) is 5.69 Å². The topological polar surface area (TPSA) is 92.9 Å². The number of carbonyl (C=O) groups is 1. The summed E-state index contributed by atoms with van der Waals surface area (Å²) < 4.78 is 8.12. The molecule has 0 saturated heterocycles. The van der Waals surface area contributed by atoms with Crippen LogP contribution in [0.15, 0.2) is 92.3 Å². The lowest BCUT2D eigenvalue weighted by atomic mass is 9.95. The van der Waals surface area contributed by atoms with Gasteiger partial charge in [0.1, 0.15) is 11.5 Å². The number of hydrogen-bond acceptors (Lipinski definition) is 6. The van der Waals surface area contributed by atoms with Crippen molar-refractivity contribution in [1.82, 2.24) is 4.57 Å². The van der Waals surface area contributed by atoms with Gasteiger partial charge in [0.05, 0.1) is 33.5 Å². The number of phenols is 1. The van der Waals surface area contributed by atoms with Crippen LogP contribution < -0.4 is 24.9 Å². The predicted octanol–water partition coefficient (Wildman–Crippen LogP) is 5.39. The van der Waals surface area contributed by atoms with Gasteiger partial charge in [0, 0.05) is 15.7 Å². The number of nitrogens with zero attached hydrogens (tertiary/aromatic N) is 2. The number of para-hydroxylation sites is 1. The summed E-state index contributed by atoms with van der Waals surface area (Å²) in [5.41, 5.74) is 2.26. The van der Waals surface area contributed by atoms with Crippen molar-refractivity contribution in [3.63, 3.8) is 0 Å². The zero-order valence-corrected chi connectivity index (χ0v) is 24.1. The number of fused-ring (bicyclic) bond motifs is 1. The van der Waals surface area contributed by atoms with Gasteiger partial charge in [-0.3, -0.25) is 14.2 Å². The number of anilines is 1. The molecule has 7 nitrogen and oxygen atoms in total. The van der Waals surface area contributed by atoms with E-state index in [0.717, 1.165) is 5.56 Å². The van der Waals surface area contributed by atoms with Crippen LogP contribution in [0.3, 0.4) is 0 Å². The van der Waals surface area contributed by atoms with E-state index in [9.17, 15) is 14.7 Å². The van der Waals surface area contributed by atoms with E-state index in [2.05, 4.69) is 26.2 Å². The smallest absolute Gasteiger partial charge is 0.271 e. The molecule has 39 heavy (non-hydrogen) atoms. The van der Waals surface area contributed by atoms with E-state index in [1.54, 1.807) is 37.3 Å². The second-order valence-corrected chi connectivity index (χ2v) is 11.1. The van der Waals surface area contributed by atoms with Gasteiger partial charge in [-0.1, -0.05) is 69.2 Å². The van der Waals surface area contributed by atoms with Crippen molar-refractivity contribution in [2.45, 2.75) is 19.9 Å². The number of halogens is 2. The molecule has 0 bridgehead atoms. The molecule has 4 aromatic rings. The van der Waals surface area contributed by atoms with Gasteiger partial charge in [-0.2, -0.15) is 0 Å². The first kappa shape index (κ1) is 26.9. The molecule has 2 N–H and O–H groups in total. The molecule has 0 unspecified atom stereocenters. The summed E-state index contributed by atoms with van der Waals surface area (Å²) in [4.78, 5) is 32.6. The van der Waals surface area contributed by atoms with Crippen molar-refractivity contribution in [3.05, 3.63) is 118 Å². The molecule has 2 heterocycles. The molecule has 3 aromatic carbocycles. The number of aromatic hydroxyl groups is 1. The number of ether oxygens (including phenoxy) is 1.